The van der Waals surface area contributed by atoms with Crippen molar-refractivity contribution in [3.05, 3.63) is 59.2 Å². The molecule has 32 heavy (non-hydrogen) atoms. The molecule has 4 rings (SSSR count). The smallest absolute Gasteiger partial charge is 0.323 e. The molecule has 1 aliphatic rings. The number of benzene rings is 2. The molecule has 1 saturated heterocycles. The molecule has 0 aliphatic carbocycles. The molecule has 1 amide bonds. The number of amides is 1. The maximum Gasteiger partial charge on any atom is 0.323 e. The zero-order valence-corrected chi connectivity index (χ0v) is 19.0. The summed E-state index contributed by atoms with van der Waals surface area (Å²) in [6.07, 6.45) is 0. The summed E-state index contributed by atoms with van der Waals surface area (Å²) in [6, 6.07) is 13.3. The number of hydrogen-bond acceptors (Lipinski definition) is 7. The summed E-state index contributed by atoms with van der Waals surface area (Å²) in [7, 11) is 3.52. The average Bonchev–Trinajstić information content (AvgIpc) is 3.22. The van der Waals surface area contributed by atoms with Crippen LogP contribution in [0.5, 0.6) is 0 Å². The number of carbonyl (C=O) groups is 2. The summed E-state index contributed by atoms with van der Waals surface area (Å²) in [5.74, 6) is -0.906. The van der Waals surface area contributed by atoms with Gasteiger partial charge in [0.15, 0.2) is 5.16 Å². The number of thioether (sulfide) groups is 1. The highest BCUT2D eigenvalue weighted by Crippen LogP contribution is 2.36. The van der Waals surface area contributed by atoms with Crippen LogP contribution in [0.25, 0.3) is 11.0 Å². The summed E-state index contributed by atoms with van der Waals surface area (Å²) in [5, 5.41) is -0.0686. The lowest BCUT2D eigenvalue weighted by Gasteiger charge is -2.32. The van der Waals surface area contributed by atoms with E-state index < -0.39 is 11.2 Å². The molecule has 0 radical (unpaired) electrons. The predicted octanol–water partition coefficient (Wildman–Crippen LogP) is 2.42. The average molecular weight is 454 g/mol. The van der Waals surface area contributed by atoms with Gasteiger partial charge in [-0.2, -0.15) is 0 Å². The summed E-state index contributed by atoms with van der Waals surface area (Å²) >= 11 is 1.25. The third kappa shape index (κ3) is 4.95. The maximum atomic E-state index is 12.6. The minimum atomic E-state index is -0.588. The number of H-pyrrole nitrogens is 1. The van der Waals surface area contributed by atoms with Gasteiger partial charge >= 0.3 is 5.97 Å². The molecule has 1 unspecified atom stereocenters. The Kier molecular flexibility index (Phi) is 6.78. The van der Waals surface area contributed by atoms with Crippen LogP contribution in [0.15, 0.2) is 47.6 Å². The normalized spacial score (nSPS) is 16.2. The first-order chi connectivity index (χ1) is 15.4. The molecule has 0 bridgehead atoms. The van der Waals surface area contributed by atoms with Crippen molar-refractivity contribution in [1.82, 2.24) is 19.8 Å². The number of piperazine rings is 1. The van der Waals surface area contributed by atoms with Gasteiger partial charge in [-0.1, -0.05) is 42.1 Å². The summed E-state index contributed by atoms with van der Waals surface area (Å²) in [6.45, 7) is 5.16. The van der Waals surface area contributed by atoms with Crippen LogP contribution in [-0.4, -0.2) is 72.0 Å². The van der Waals surface area contributed by atoms with Crippen molar-refractivity contribution in [3.63, 3.8) is 0 Å². The maximum absolute atomic E-state index is 12.6. The third-order valence-electron chi connectivity index (χ3n) is 5.69. The molecule has 1 atom stereocenters. The summed E-state index contributed by atoms with van der Waals surface area (Å²) < 4.78 is 5.05. The lowest BCUT2D eigenvalue weighted by Crippen LogP contribution is -2.43. The zero-order valence-electron chi connectivity index (χ0n) is 18.2. The molecule has 2 heterocycles. The first-order valence-corrected chi connectivity index (χ1v) is 11.4. The molecule has 3 N–H and O–H groups in total. The van der Waals surface area contributed by atoms with Gasteiger partial charge in [0.05, 0.1) is 18.2 Å². The summed E-state index contributed by atoms with van der Waals surface area (Å²) in [4.78, 5) is 36.7. The lowest BCUT2D eigenvalue weighted by molar-refractivity contribution is -0.140. The number of methoxy groups -OCH3 is 1. The SMILES string of the molecule is COC(=O)C(Sc1nc2c(C(N)=O)cccc2[nH]1)c1ccc(CN2CCN(C)CC2)cc1. The van der Waals surface area contributed by atoms with Crippen LogP contribution in [0.2, 0.25) is 0 Å². The van der Waals surface area contributed by atoms with Gasteiger partial charge in [0.2, 0.25) is 0 Å². The number of para-hydroxylation sites is 1. The number of likely N-dealkylation sites (N-methyl/N-ethyl adjacent to an activating group) is 1. The number of hydrogen-bond donors (Lipinski definition) is 2. The van der Waals surface area contributed by atoms with Crippen LogP contribution in [0, 0.1) is 0 Å². The molecule has 168 valence electrons. The number of nitrogens with zero attached hydrogens (tertiary/aromatic N) is 3. The van der Waals surface area contributed by atoms with E-state index in [0.29, 0.717) is 21.8 Å². The number of imidazole rings is 1. The van der Waals surface area contributed by atoms with Gasteiger partial charge in [-0.3, -0.25) is 14.5 Å². The van der Waals surface area contributed by atoms with Crippen LogP contribution in [0.1, 0.15) is 26.7 Å². The van der Waals surface area contributed by atoms with E-state index in [0.717, 1.165) is 38.3 Å². The number of aromatic amines is 1. The fourth-order valence-corrected chi connectivity index (χ4v) is 4.82. The van der Waals surface area contributed by atoms with Crippen molar-refractivity contribution in [1.29, 1.82) is 0 Å². The number of ether oxygens (including phenoxy) is 1. The lowest BCUT2D eigenvalue weighted by atomic mass is 10.1. The second-order valence-corrected chi connectivity index (χ2v) is 9.04. The van der Waals surface area contributed by atoms with Crippen LogP contribution >= 0.6 is 11.8 Å². The Labute approximate surface area is 191 Å². The number of fused-ring (bicyclic) bond motifs is 1. The standard InChI is InChI=1S/C23H27N5O3S/c1-27-10-12-28(13-11-27)14-15-6-8-16(9-7-15)20(22(30)31-2)32-23-25-18-5-3-4-17(21(24)29)19(18)26-23/h3-9,20H,10-14H2,1-2H3,(H2,24,29)(H,25,26). The van der Waals surface area contributed by atoms with E-state index in [2.05, 4.69) is 38.9 Å². The molecule has 9 heteroatoms. The Hall–Kier alpha value is -2.88. The topological polar surface area (TPSA) is 105 Å². The van der Waals surface area contributed by atoms with E-state index in [9.17, 15) is 9.59 Å². The van der Waals surface area contributed by atoms with Crippen molar-refractivity contribution in [2.24, 2.45) is 5.73 Å². The van der Waals surface area contributed by atoms with Gasteiger partial charge in [0, 0.05) is 32.7 Å². The number of esters is 1. The monoisotopic (exact) mass is 453 g/mol. The Morgan fingerprint density at radius 3 is 2.53 bits per heavy atom. The van der Waals surface area contributed by atoms with Crippen molar-refractivity contribution >= 4 is 34.7 Å². The van der Waals surface area contributed by atoms with Crippen molar-refractivity contribution < 1.29 is 14.3 Å². The highest BCUT2D eigenvalue weighted by atomic mass is 32.2. The van der Waals surface area contributed by atoms with Gasteiger partial charge in [0.25, 0.3) is 5.91 Å². The molecule has 1 aliphatic heterocycles. The number of carbonyl (C=O) groups excluding carboxylic acids is 2. The summed E-state index contributed by atoms with van der Waals surface area (Å²) in [5.41, 5.74) is 9.03. The Morgan fingerprint density at radius 2 is 1.88 bits per heavy atom. The molecule has 1 fully saturated rings. The fourth-order valence-electron chi connectivity index (χ4n) is 3.80. The first kappa shape index (κ1) is 22.3. The molecule has 2 aromatic carbocycles. The van der Waals surface area contributed by atoms with Gasteiger partial charge in [-0.25, -0.2) is 4.98 Å². The molecule has 3 aromatic rings. The van der Waals surface area contributed by atoms with E-state index in [4.69, 9.17) is 10.5 Å². The molecule has 0 saturated carbocycles. The van der Waals surface area contributed by atoms with E-state index in [1.54, 1.807) is 12.1 Å². The quantitative estimate of drug-likeness (QED) is 0.418. The second kappa shape index (κ2) is 9.72. The Balaban J connectivity index is 1.53. The minimum absolute atomic E-state index is 0.341. The molecule has 1 aromatic heterocycles. The highest BCUT2D eigenvalue weighted by molar-refractivity contribution is 8.00. The van der Waals surface area contributed by atoms with E-state index in [1.807, 2.05) is 18.2 Å². The molecular formula is C23H27N5O3S. The Bertz CT molecular complexity index is 1110. The van der Waals surface area contributed by atoms with Crippen molar-refractivity contribution in [3.8, 4) is 0 Å². The van der Waals surface area contributed by atoms with Crippen molar-refractivity contribution in [2.45, 2.75) is 17.0 Å². The van der Waals surface area contributed by atoms with Gasteiger partial charge < -0.3 is 20.4 Å². The van der Waals surface area contributed by atoms with Gasteiger partial charge in [-0.15, -0.1) is 0 Å². The molecular weight excluding hydrogens is 426 g/mol. The number of rotatable bonds is 7. The van der Waals surface area contributed by atoms with Crippen LogP contribution in [-0.2, 0) is 16.1 Å². The fraction of sp³-hybridized carbons (Fsp3) is 0.348. The zero-order chi connectivity index (χ0) is 22.7. The largest absolute Gasteiger partial charge is 0.468 e. The van der Waals surface area contributed by atoms with Gasteiger partial charge in [-0.05, 0) is 30.3 Å². The molecule has 8 nitrogen and oxygen atoms in total. The van der Waals surface area contributed by atoms with Crippen molar-refractivity contribution in [2.75, 3.05) is 40.3 Å². The number of aromatic nitrogens is 2. The third-order valence-corrected chi connectivity index (χ3v) is 6.80. The van der Waals surface area contributed by atoms with E-state index >= 15 is 0 Å². The number of primary amides is 1. The number of nitrogens with two attached hydrogens (primary N) is 1. The van der Waals surface area contributed by atoms with E-state index in [-0.39, 0.29) is 5.97 Å². The highest BCUT2D eigenvalue weighted by Gasteiger charge is 2.25. The minimum Gasteiger partial charge on any atom is -0.468 e. The first-order valence-electron chi connectivity index (χ1n) is 10.5. The number of nitrogens with one attached hydrogen (secondary N) is 1. The van der Waals surface area contributed by atoms with Crippen LogP contribution in [0.3, 0.4) is 0 Å². The Morgan fingerprint density at radius 1 is 1.16 bits per heavy atom. The van der Waals surface area contributed by atoms with Crippen LogP contribution < -0.4 is 5.73 Å². The van der Waals surface area contributed by atoms with Crippen LogP contribution in [0.4, 0.5) is 0 Å². The van der Waals surface area contributed by atoms with E-state index in [1.165, 1.54) is 24.4 Å². The second-order valence-electron chi connectivity index (χ2n) is 7.95. The predicted molar refractivity (Wildman–Crippen MR) is 124 cm³/mol. The van der Waals surface area contributed by atoms with Gasteiger partial charge in [0.1, 0.15) is 10.8 Å². The molecule has 0 spiro atoms.